The third kappa shape index (κ3) is 4.99. The van der Waals surface area contributed by atoms with Gasteiger partial charge in [-0.05, 0) is 31.4 Å². The second kappa shape index (κ2) is 8.65. The van der Waals surface area contributed by atoms with Crippen molar-refractivity contribution in [2.24, 2.45) is 0 Å². The quantitative estimate of drug-likeness (QED) is 0.512. The van der Waals surface area contributed by atoms with Crippen LogP contribution in [-0.2, 0) is 0 Å². The minimum absolute atomic E-state index is 0.368. The van der Waals surface area contributed by atoms with Gasteiger partial charge in [0, 0.05) is 9.81 Å². The van der Waals surface area contributed by atoms with Crippen LogP contribution in [0.2, 0.25) is 0 Å². The Bertz CT molecular complexity index is 469. The van der Waals surface area contributed by atoms with Crippen LogP contribution in [0.3, 0.4) is 0 Å². The zero-order valence-electron chi connectivity index (χ0n) is 11.9. The first-order valence-electron chi connectivity index (χ1n) is 6.72. The zero-order valence-corrected chi connectivity index (χ0v) is 12.7. The molecule has 1 N–H and O–H groups in total. The zero-order chi connectivity index (χ0) is 14.1. The van der Waals surface area contributed by atoms with E-state index in [1.165, 1.54) is 10.5 Å². The number of allylic oxidation sites excluding steroid dienone is 3. The van der Waals surface area contributed by atoms with E-state index >= 15 is 0 Å². The van der Waals surface area contributed by atoms with Crippen molar-refractivity contribution in [1.82, 2.24) is 0 Å². The lowest BCUT2D eigenvalue weighted by molar-refractivity contribution is 0.427. The van der Waals surface area contributed by atoms with Crippen LogP contribution in [0.25, 0.3) is 4.91 Å². The maximum atomic E-state index is 10.0. The normalized spacial score (nSPS) is 13.7. The van der Waals surface area contributed by atoms with Crippen LogP contribution in [0.15, 0.2) is 59.2 Å². The van der Waals surface area contributed by atoms with E-state index in [2.05, 4.69) is 25.1 Å². The van der Waals surface area contributed by atoms with Crippen LogP contribution in [0.1, 0.15) is 39.2 Å². The first-order valence-corrected chi connectivity index (χ1v) is 7.53. The van der Waals surface area contributed by atoms with Crippen LogP contribution < -0.4 is 0 Å². The van der Waals surface area contributed by atoms with Crippen molar-refractivity contribution < 1.29 is 5.11 Å². The summed E-state index contributed by atoms with van der Waals surface area (Å²) in [5, 5.41) is 10.0. The van der Waals surface area contributed by atoms with Gasteiger partial charge in [-0.2, -0.15) is 0 Å². The van der Waals surface area contributed by atoms with Crippen LogP contribution >= 0.6 is 11.8 Å². The molecule has 1 aromatic carbocycles. The number of aliphatic hydroxyl groups excluding tert-OH is 1. The van der Waals surface area contributed by atoms with Crippen molar-refractivity contribution in [3.8, 4) is 0 Å². The number of rotatable bonds is 6. The van der Waals surface area contributed by atoms with Gasteiger partial charge >= 0.3 is 0 Å². The molecular formula is C17H22OS. The van der Waals surface area contributed by atoms with E-state index < -0.39 is 0 Å². The lowest BCUT2D eigenvalue weighted by atomic mass is 10.2. The summed E-state index contributed by atoms with van der Waals surface area (Å²) in [6, 6.07) is 10.3. The molecule has 1 aromatic rings. The van der Waals surface area contributed by atoms with Gasteiger partial charge in [-0.1, -0.05) is 68.1 Å². The van der Waals surface area contributed by atoms with Gasteiger partial charge in [-0.3, -0.25) is 0 Å². The van der Waals surface area contributed by atoms with Crippen LogP contribution in [0.4, 0.5) is 0 Å². The van der Waals surface area contributed by atoms with E-state index in [4.69, 9.17) is 0 Å². The topological polar surface area (TPSA) is 20.2 Å². The highest BCUT2D eigenvalue weighted by Crippen LogP contribution is 2.36. The summed E-state index contributed by atoms with van der Waals surface area (Å²) in [5.74, 6) is 0.368. The molecule has 0 saturated carbocycles. The Morgan fingerprint density at radius 2 is 1.74 bits per heavy atom. The molecule has 0 saturated heterocycles. The number of aliphatic hydroxyl groups is 1. The molecule has 2 heteroatoms. The molecule has 19 heavy (non-hydrogen) atoms. The van der Waals surface area contributed by atoms with Crippen LogP contribution in [0, 0.1) is 0 Å². The fraction of sp³-hybridized carbons (Fsp3) is 0.294. The van der Waals surface area contributed by atoms with Crippen molar-refractivity contribution in [3.63, 3.8) is 0 Å². The van der Waals surface area contributed by atoms with E-state index in [-0.39, 0.29) is 0 Å². The number of hydrogen-bond acceptors (Lipinski definition) is 2. The SMILES string of the molecule is C/C=C(S/C(=C\CC)c1ccccc1)/C(O)=C/CC. The summed E-state index contributed by atoms with van der Waals surface area (Å²) in [7, 11) is 0. The third-order valence-corrected chi connectivity index (χ3v) is 3.87. The second-order valence-electron chi connectivity index (χ2n) is 4.10. The molecule has 0 atom stereocenters. The first-order chi connectivity index (χ1) is 9.22. The van der Waals surface area contributed by atoms with E-state index in [1.54, 1.807) is 11.8 Å². The van der Waals surface area contributed by atoms with Crippen molar-refractivity contribution in [2.45, 2.75) is 33.6 Å². The summed E-state index contributed by atoms with van der Waals surface area (Å²) >= 11 is 1.62. The molecule has 0 bridgehead atoms. The third-order valence-electron chi connectivity index (χ3n) is 2.58. The Hall–Kier alpha value is -1.41. The van der Waals surface area contributed by atoms with Gasteiger partial charge < -0.3 is 5.11 Å². The highest BCUT2D eigenvalue weighted by Gasteiger charge is 2.08. The minimum atomic E-state index is 0.368. The molecule has 0 aromatic heterocycles. The van der Waals surface area contributed by atoms with Gasteiger partial charge in [0.25, 0.3) is 0 Å². The Morgan fingerprint density at radius 3 is 2.26 bits per heavy atom. The number of benzene rings is 1. The van der Waals surface area contributed by atoms with Gasteiger partial charge in [0.05, 0.1) is 0 Å². The predicted octanol–water partition coefficient (Wildman–Crippen LogP) is 5.93. The second-order valence-corrected chi connectivity index (χ2v) is 5.18. The Morgan fingerprint density at radius 1 is 1.11 bits per heavy atom. The molecule has 0 fully saturated rings. The molecule has 102 valence electrons. The monoisotopic (exact) mass is 274 g/mol. The average Bonchev–Trinajstić information content (AvgIpc) is 2.44. The summed E-state index contributed by atoms with van der Waals surface area (Å²) in [6.07, 6.45) is 7.81. The minimum Gasteiger partial charge on any atom is -0.507 e. The Balaban J connectivity index is 2.98. The molecule has 0 spiro atoms. The lowest BCUT2D eigenvalue weighted by Gasteiger charge is -2.10. The van der Waals surface area contributed by atoms with E-state index in [1.807, 2.05) is 44.2 Å². The highest BCUT2D eigenvalue weighted by molar-refractivity contribution is 8.12. The number of thioether (sulfide) groups is 1. The smallest absolute Gasteiger partial charge is 0.125 e. The molecule has 0 radical (unpaired) electrons. The van der Waals surface area contributed by atoms with Crippen LogP contribution in [-0.4, -0.2) is 5.11 Å². The lowest BCUT2D eigenvalue weighted by Crippen LogP contribution is -1.87. The predicted molar refractivity (Wildman–Crippen MR) is 87.1 cm³/mol. The fourth-order valence-electron chi connectivity index (χ4n) is 1.68. The van der Waals surface area contributed by atoms with Gasteiger partial charge in [-0.15, -0.1) is 0 Å². The summed E-state index contributed by atoms with van der Waals surface area (Å²) < 4.78 is 0. The van der Waals surface area contributed by atoms with Gasteiger partial charge in [0.2, 0.25) is 0 Å². The van der Waals surface area contributed by atoms with Crippen molar-refractivity contribution >= 4 is 16.7 Å². The van der Waals surface area contributed by atoms with Gasteiger partial charge in [-0.25, -0.2) is 0 Å². The fourth-order valence-corrected chi connectivity index (χ4v) is 2.72. The Labute approximate surface area is 120 Å². The van der Waals surface area contributed by atoms with E-state index in [9.17, 15) is 5.11 Å². The van der Waals surface area contributed by atoms with Gasteiger partial charge in [0.1, 0.15) is 5.76 Å². The molecule has 0 aliphatic heterocycles. The molecular weight excluding hydrogens is 252 g/mol. The summed E-state index contributed by atoms with van der Waals surface area (Å²) in [4.78, 5) is 2.10. The Kier molecular flexibility index (Phi) is 7.12. The largest absolute Gasteiger partial charge is 0.507 e. The van der Waals surface area contributed by atoms with Crippen molar-refractivity contribution in [2.75, 3.05) is 0 Å². The molecule has 0 unspecified atom stereocenters. The maximum absolute atomic E-state index is 10.0. The highest BCUT2D eigenvalue weighted by atomic mass is 32.2. The molecule has 1 rings (SSSR count). The van der Waals surface area contributed by atoms with Crippen LogP contribution in [0.5, 0.6) is 0 Å². The van der Waals surface area contributed by atoms with Crippen molar-refractivity contribution in [3.05, 3.63) is 64.8 Å². The summed E-state index contributed by atoms with van der Waals surface area (Å²) in [6.45, 7) is 6.10. The van der Waals surface area contributed by atoms with E-state index in [0.717, 1.165) is 17.7 Å². The molecule has 1 nitrogen and oxygen atoms in total. The average molecular weight is 274 g/mol. The number of hydrogen-bond donors (Lipinski definition) is 1. The molecule has 0 aliphatic rings. The maximum Gasteiger partial charge on any atom is 0.125 e. The first kappa shape index (κ1) is 15.6. The van der Waals surface area contributed by atoms with Gasteiger partial charge in [0.15, 0.2) is 0 Å². The molecule has 0 amide bonds. The van der Waals surface area contributed by atoms with E-state index in [0.29, 0.717) is 5.76 Å². The molecule has 0 aliphatic carbocycles. The summed E-state index contributed by atoms with van der Waals surface area (Å²) in [5.41, 5.74) is 1.19. The van der Waals surface area contributed by atoms with Crippen molar-refractivity contribution in [1.29, 1.82) is 0 Å². The standard InChI is InChI=1S/C17H22OS/c1-4-10-15(18)16(6-3)19-17(11-5-2)14-12-8-7-9-13-14/h6-13,18H,4-5H2,1-3H3/b15-10-,16-6-,17-11-. The molecule has 0 heterocycles.